The Morgan fingerprint density at radius 2 is 2.15 bits per heavy atom. The lowest BCUT2D eigenvalue weighted by Crippen LogP contribution is -2.19. The predicted molar refractivity (Wildman–Crippen MR) is 55.0 cm³/mol. The number of hydrogen-bond acceptors (Lipinski definition) is 7. The van der Waals surface area contributed by atoms with Gasteiger partial charge in [0.2, 0.25) is 0 Å². The fraction of sp³-hybridized carbons (Fsp3) is 0.333. The molecule has 1 aromatic heterocycles. The van der Waals surface area contributed by atoms with Crippen molar-refractivity contribution in [1.29, 1.82) is 0 Å². The molecule has 0 bridgehead atoms. The fourth-order valence-electron chi connectivity index (χ4n) is 1.25. The number of aromatic nitrogens is 1. The van der Waals surface area contributed by atoms with E-state index in [1.807, 2.05) is 0 Å². The van der Waals surface area contributed by atoms with E-state index in [2.05, 4.69) is 14.5 Å². The summed E-state index contributed by atoms with van der Waals surface area (Å²) in [4.78, 5) is 23.9. The first-order valence-corrected chi connectivity index (χ1v) is 4.83. The number of esters is 1. The third kappa shape index (κ3) is 3.70. The summed E-state index contributed by atoms with van der Waals surface area (Å²) in [5.74, 6) is -3.57. The summed E-state index contributed by atoms with van der Waals surface area (Å²) in [5.41, 5.74) is -1.88. The molecule has 0 unspecified atom stereocenters. The third-order valence-electron chi connectivity index (χ3n) is 2.00. The zero-order valence-corrected chi connectivity index (χ0v) is 9.80. The van der Waals surface area contributed by atoms with Crippen molar-refractivity contribution in [3.05, 3.63) is 22.0 Å². The summed E-state index contributed by atoms with van der Waals surface area (Å²) in [6.45, 7) is 0. The molecule has 0 saturated carbocycles. The molecule has 1 N–H and O–H groups in total. The van der Waals surface area contributed by atoms with E-state index in [-0.39, 0.29) is 0 Å². The Morgan fingerprint density at radius 1 is 1.55 bits per heavy atom. The SMILES string of the molecule is COC(=O)Cc1ncc(O)c(OC(F)(F)F)c1[N+](=O)[O-]. The smallest absolute Gasteiger partial charge is 0.503 e. The van der Waals surface area contributed by atoms with Crippen molar-refractivity contribution in [3.8, 4) is 11.5 Å². The summed E-state index contributed by atoms with van der Waals surface area (Å²) in [5, 5.41) is 20.0. The summed E-state index contributed by atoms with van der Waals surface area (Å²) in [6.07, 6.45) is -5.50. The molecule has 8 nitrogen and oxygen atoms in total. The Bertz CT molecular complexity index is 545. The van der Waals surface area contributed by atoms with Crippen molar-refractivity contribution >= 4 is 11.7 Å². The molecule has 0 fully saturated rings. The third-order valence-corrected chi connectivity index (χ3v) is 2.00. The van der Waals surface area contributed by atoms with Gasteiger partial charge in [0.1, 0.15) is 5.69 Å². The van der Waals surface area contributed by atoms with Gasteiger partial charge in [-0.15, -0.1) is 13.2 Å². The highest BCUT2D eigenvalue weighted by Gasteiger charge is 2.38. The number of nitrogens with zero attached hydrogens (tertiary/aromatic N) is 2. The van der Waals surface area contributed by atoms with Crippen LogP contribution in [0.5, 0.6) is 11.5 Å². The molecule has 110 valence electrons. The molecule has 0 aliphatic carbocycles. The molecule has 1 aromatic rings. The Labute approximate surface area is 108 Å². The molecule has 1 rings (SSSR count). The maximum atomic E-state index is 12.2. The van der Waals surface area contributed by atoms with E-state index in [9.17, 15) is 33.2 Å². The van der Waals surface area contributed by atoms with E-state index in [1.165, 1.54) is 0 Å². The number of nitro groups is 1. The van der Waals surface area contributed by atoms with Crippen molar-refractivity contribution < 1.29 is 37.5 Å². The van der Waals surface area contributed by atoms with Gasteiger partial charge in [-0.25, -0.2) is 4.98 Å². The van der Waals surface area contributed by atoms with Gasteiger partial charge in [-0.05, 0) is 0 Å². The molecule has 0 saturated heterocycles. The molecule has 0 amide bonds. The largest absolute Gasteiger partial charge is 0.573 e. The Hall–Kier alpha value is -2.59. The van der Waals surface area contributed by atoms with Crippen molar-refractivity contribution in [3.63, 3.8) is 0 Å². The molecule has 0 spiro atoms. The highest BCUT2D eigenvalue weighted by atomic mass is 19.4. The van der Waals surface area contributed by atoms with Crippen LogP contribution in [-0.2, 0) is 16.0 Å². The van der Waals surface area contributed by atoms with Crippen LogP contribution in [0.1, 0.15) is 5.69 Å². The normalized spacial score (nSPS) is 11.0. The maximum absolute atomic E-state index is 12.2. The first-order chi connectivity index (χ1) is 9.15. The van der Waals surface area contributed by atoms with E-state index in [0.29, 0.717) is 6.20 Å². The molecule has 0 radical (unpaired) electrons. The number of carbonyl (C=O) groups excluding carboxylic acids is 1. The maximum Gasteiger partial charge on any atom is 0.573 e. The first-order valence-electron chi connectivity index (χ1n) is 4.83. The Kier molecular flexibility index (Phi) is 4.32. The van der Waals surface area contributed by atoms with E-state index in [4.69, 9.17) is 0 Å². The average molecular weight is 296 g/mol. The van der Waals surface area contributed by atoms with Gasteiger partial charge in [-0.2, -0.15) is 0 Å². The van der Waals surface area contributed by atoms with Crippen molar-refractivity contribution in [1.82, 2.24) is 4.98 Å². The van der Waals surface area contributed by atoms with Gasteiger partial charge in [0.05, 0.1) is 24.7 Å². The minimum absolute atomic E-state index is 0.506. The number of pyridine rings is 1. The van der Waals surface area contributed by atoms with Crippen LogP contribution in [0.25, 0.3) is 0 Å². The van der Waals surface area contributed by atoms with Gasteiger partial charge in [-0.1, -0.05) is 0 Å². The van der Waals surface area contributed by atoms with Crippen LogP contribution < -0.4 is 4.74 Å². The molecule has 0 atom stereocenters. The fourth-order valence-corrected chi connectivity index (χ4v) is 1.25. The van der Waals surface area contributed by atoms with E-state index < -0.39 is 46.6 Å². The quantitative estimate of drug-likeness (QED) is 0.506. The average Bonchev–Trinajstić information content (AvgIpc) is 2.31. The van der Waals surface area contributed by atoms with Crippen LogP contribution in [0.15, 0.2) is 6.20 Å². The molecule has 0 aromatic carbocycles. The molecule has 0 aliphatic heterocycles. The summed E-state index contributed by atoms with van der Waals surface area (Å²) in [6, 6.07) is 0. The van der Waals surface area contributed by atoms with Gasteiger partial charge in [-0.3, -0.25) is 14.9 Å². The van der Waals surface area contributed by atoms with Gasteiger partial charge < -0.3 is 14.6 Å². The van der Waals surface area contributed by atoms with E-state index >= 15 is 0 Å². The van der Waals surface area contributed by atoms with Crippen molar-refractivity contribution in [2.24, 2.45) is 0 Å². The zero-order valence-electron chi connectivity index (χ0n) is 9.80. The van der Waals surface area contributed by atoms with Gasteiger partial charge in [0.15, 0.2) is 5.75 Å². The predicted octanol–water partition coefficient (Wildman–Crippen LogP) is 1.31. The second kappa shape index (κ2) is 5.59. The molecular weight excluding hydrogens is 289 g/mol. The lowest BCUT2D eigenvalue weighted by molar-refractivity contribution is -0.389. The summed E-state index contributed by atoms with van der Waals surface area (Å²) < 4.78 is 44.1. The Morgan fingerprint density at radius 3 is 2.60 bits per heavy atom. The van der Waals surface area contributed by atoms with Crippen LogP contribution in [0, 0.1) is 10.1 Å². The highest BCUT2D eigenvalue weighted by Crippen LogP contribution is 2.40. The van der Waals surface area contributed by atoms with E-state index in [1.54, 1.807) is 0 Å². The highest BCUT2D eigenvalue weighted by molar-refractivity contribution is 5.74. The van der Waals surface area contributed by atoms with Crippen LogP contribution in [0.2, 0.25) is 0 Å². The van der Waals surface area contributed by atoms with Crippen molar-refractivity contribution in [2.75, 3.05) is 7.11 Å². The Balaban J connectivity index is 3.37. The molecule has 1 heterocycles. The number of halogens is 3. The molecule has 20 heavy (non-hydrogen) atoms. The lowest BCUT2D eigenvalue weighted by atomic mass is 10.2. The second-order valence-corrected chi connectivity index (χ2v) is 3.33. The lowest BCUT2D eigenvalue weighted by Gasteiger charge is -2.11. The van der Waals surface area contributed by atoms with Crippen LogP contribution in [-0.4, -0.2) is 34.5 Å². The number of aromatic hydroxyl groups is 1. The second-order valence-electron chi connectivity index (χ2n) is 3.33. The standard InChI is InChI=1S/C9H7F3N2O6/c1-19-6(16)2-4-7(14(17)18)8(5(15)3-13-4)20-9(10,11)12/h3,15H,2H2,1H3. The number of hydrogen-bond donors (Lipinski definition) is 1. The van der Waals surface area contributed by atoms with Crippen LogP contribution >= 0.6 is 0 Å². The van der Waals surface area contributed by atoms with Gasteiger partial charge >= 0.3 is 18.0 Å². The van der Waals surface area contributed by atoms with Gasteiger partial charge in [0, 0.05) is 0 Å². The van der Waals surface area contributed by atoms with Crippen LogP contribution in [0.3, 0.4) is 0 Å². The number of rotatable bonds is 4. The monoisotopic (exact) mass is 296 g/mol. The van der Waals surface area contributed by atoms with Crippen molar-refractivity contribution in [2.45, 2.75) is 12.8 Å². The molecule has 11 heteroatoms. The summed E-state index contributed by atoms with van der Waals surface area (Å²) in [7, 11) is 0.988. The minimum atomic E-state index is -5.26. The topological polar surface area (TPSA) is 112 Å². The first kappa shape index (κ1) is 15.5. The number of methoxy groups -OCH3 is 1. The van der Waals surface area contributed by atoms with Crippen LogP contribution in [0.4, 0.5) is 18.9 Å². The number of ether oxygens (including phenoxy) is 2. The number of carbonyl (C=O) groups is 1. The zero-order chi connectivity index (χ0) is 15.5. The van der Waals surface area contributed by atoms with Gasteiger partial charge in [0.25, 0.3) is 5.75 Å². The summed E-state index contributed by atoms with van der Waals surface area (Å²) >= 11 is 0. The molecule has 0 aliphatic rings. The minimum Gasteiger partial charge on any atom is -0.503 e. The number of alkyl halides is 3. The molecular formula is C9H7F3N2O6. The van der Waals surface area contributed by atoms with E-state index in [0.717, 1.165) is 7.11 Å².